The van der Waals surface area contributed by atoms with Crippen LogP contribution in [0.1, 0.15) is 31.4 Å². The first kappa shape index (κ1) is 15.0. The maximum atomic E-state index is 9.38. The predicted octanol–water partition coefficient (Wildman–Crippen LogP) is 1.09. The van der Waals surface area contributed by atoms with Crippen molar-refractivity contribution in [3.63, 3.8) is 0 Å². The normalized spacial score (nSPS) is 26.3. The van der Waals surface area contributed by atoms with Crippen molar-refractivity contribution < 1.29 is 5.11 Å². The van der Waals surface area contributed by atoms with Crippen LogP contribution in [0.25, 0.3) is 0 Å². The standard InChI is InChI=1S/C16H28N4O/c1-18-16(4-7-17-18)12-19-9-5-15(6-10-19)20-8-2-3-14(11-20)13-21/h4,7,14-15,21H,2-3,5-6,8-13H2,1H3. The molecule has 2 fully saturated rings. The van der Waals surface area contributed by atoms with Gasteiger partial charge in [0.15, 0.2) is 0 Å². The number of aryl methyl sites for hydroxylation is 1. The minimum atomic E-state index is 0.357. The fourth-order valence-electron chi connectivity index (χ4n) is 3.81. The van der Waals surface area contributed by atoms with Gasteiger partial charge in [-0.2, -0.15) is 5.10 Å². The summed E-state index contributed by atoms with van der Waals surface area (Å²) in [4.78, 5) is 5.17. The molecule has 0 aromatic carbocycles. The number of hydrogen-bond acceptors (Lipinski definition) is 4. The monoisotopic (exact) mass is 292 g/mol. The third-order valence-corrected chi connectivity index (χ3v) is 5.19. The Morgan fingerprint density at radius 3 is 2.71 bits per heavy atom. The summed E-state index contributed by atoms with van der Waals surface area (Å²) < 4.78 is 1.97. The zero-order valence-corrected chi connectivity index (χ0v) is 13.1. The topological polar surface area (TPSA) is 44.5 Å². The zero-order valence-electron chi connectivity index (χ0n) is 13.1. The Labute approximate surface area is 127 Å². The van der Waals surface area contributed by atoms with Gasteiger partial charge in [0.1, 0.15) is 0 Å². The molecule has 1 aromatic rings. The molecular weight excluding hydrogens is 264 g/mol. The molecule has 0 amide bonds. The second kappa shape index (κ2) is 6.90. The third kappa shape index (κ3) is 3.65. The lowest BCUT2D eigenvalue weighted by Crippen LogP contribution is -2.48. The van der Waals surface area contributed by atoms with E-state index in [0.29, 0.717) is 12.5 Å². The molecule has 21 heavy (non-hydrogen) atoms. The van der Waals surface area contributed by atoms with E-state index in [1.54, 1.807) is 0 Å². The lowest BCUT2D eigenvalue weighted by atomic mass is 9.94. The molecule has 0 bridgehead atoms. The predicted molar refractivity (Wildman–Crippen MR) is 82.9 cm³/mol. The molecule has 2 aliphatic rings. The van der Waals surface area contributed by atoms with Crippen LogP contribution in [0, 0.1) is 5.92 Å². The van der Waals surface area contributed by atoms with Crippen LogP contribution in [0.4, 0.5) is 0 Å². The Kier molecular flexibility index (Phi) is 4.93. The number of aromatic nitrogens is 2. The average molecular weight is 292 g/mol. The number of aliphatic hydroxyl groups excluding tert-OH is 1. The van der Waals surface area contributed by atoms with Gasteiger partial charge in [0.05, 0.1) is 5.69 Å². The van der Waals surface area contributed by atoms with E-state index in [0.717, 1.165) is 19.1 Å². The Morgan fingerprint density at radius 1 is 1.24 bits per heavy atom. The molecule has 118 valence electrons. The molecule has 0 spiro atoms. The highest BCUT2D eigenvalue weighted by Gasteiger charge is 2.28. The maximum absolute atomic E-state index is 9.38. The van der Waals surface area contributed by atoms with Gasteiger partial charge < -0.3 is 5.11 Å². The molecule has 3 heterocycles. The highest BCUT2D eigenvalue weighted by Crippen LogP contribution is 2.24. The SMILES string of the molecule is Cn1nccc1CN1CCC(N2CCCC(CO)C2)CC1. The first-order valence-corrected chi connectivity index (χ1v) is 8.30. The highest BCUT2D eigenvalue weighted by atomic mass is 16.3. The van der Waals surface area contributed by atoms with E-state index in [1.165, 1.54) is 51.0 Å². The summed E-state index contributed by atoms with van der Waals surface area (Å²) in [5, 5.41) is 13.6. The van der Waals surface area contributed by atoms with Crippen molar-refractivity contribution in [2.24, 2.45) is 13.0 Å². The van der Waals surface area contributed by atoms with Gasteiger partial charge in [-0.05, 0) is 44.2 Å². The second-order valence-corrected chi connectivity index (χ2v) is 6.64. The van der Waals surface area contributed by atoms with Crippen molar-refractivity contribution in [3.05, 3.63) is 18.0 Å². The summed E-state index contributed by atoms with van der Waals surface area (Å²) >= 11 is 0. The van der Waals surface area contributed by atoms with E-state index in [2.05, 4.69) is 21.0 Å². The summed E-state index contributed by atoms with van der Waals surface area (Å²) in [6.45, 7) is 6.05. The van der Waals surface area contributed by atoms with Crippen LogP contribution in [0.2, 0.25) is 0 Å². The number of rotatable bonds is 4. The van der Waals surface area contributed by atoms with Crippen molar-refractivity contribution in [2.45, 2.75) is 38.3 Å². The lowest BCUT2D eigenvalue weighted by Gasteiger charge is -2.42. The van der Waals surface area contributed by atoms with Crippen LogP contribution in [0.15, 0.2) is 12.3 Å². The van der Waals surface area contributed by atoms with Gasteiger partial charge in [-0.15, -0.1) is 0 Å². The molecule has 2 aliphatic heterocycles. The van der Waals surface area contributed by atoms with E-state index in [9.17, 15) is 5.11 Å². The fourth-order valence-corrected chi connectivity index (χ4v) is 3.81. The molecule has 5 nitrogen and oxygen atoms in total. The quantitative estimate of drug-likeness (QED) is 0.902. The third-order valence-electron chi connectivity index (χ3n) is 5.19. The van der Waals surface area contributed by atoms with Crippen LogP contribution >= 0.6 is 0 Å². The van der Waals surface area contributed by atoms with Gasteiger partial charge in [0.2, 0.25) is 0 Å². The molecule has 2 saturated heterocycles. The zero-order chi connectivity index (χ0) is 14.7. The molecule has 1 atom stereocenters. The van der Waals surface area contributed by atoms with Crippen LogP contribution in [0.3, 0.4) is 0 Å². The summed E-state index contributed by atoms with van der Waals surface area (Å²) in [5.74, 6) is 0.506. The minimum Gasteiger partial charge on any atom is -0.396 e. The molecule has 1 N–H and O–H groups in total. The second-order valence-electron chi connectivity index (χ2n) is 6.64. The molecule has 0 saturated carbocycles. The van der Waals surface area contributed by atoms with Crippen molar-refractivity contribution in [1.29, 1.82) is 0 Å². The minimum absolute atomic E-state index is 0.357. The average Bonchev–Trinajstić information content (AvgIpc) is 2.93. The molecule has 1 unspecified atom stereocenters. The van der Waals surface area contributed by atoms with Gasteiger partial charge in [0.25, 0.3) is 0 Å². The summed E-state index contributed by atoms with van der Waals surface area (Å²) in [6.07, 6.45) is 6.85. The Bertz CT molecular complexity index is 439. The number of hydrogen-bond donors (Lipinski definition) is 1. The van der Waals surface area contributed by atoms with Crippen LogP contribution in [0.5, 0.6) is 0 Å². The fraction of sp³-hybridized carbons (Fsp3) is 0.812. The Morgan fingerprint density at radius 2 is 2.05 bits per heavy atom. The number of aliphatic hydroxyl groups is 1. The van der Waals surface area contributed by atoms with Crippen LogP contribution in [-0.2, 0) is 13.6 Å². The Balaban J connectivity index is 1.47. The van der Waals surface area contributed by atoms with E-state index >= 15 is 0 Å². The van der Waals surface area contributed by atoms with E-state index in [-0.39, 0.29) is 0 Å². The molecule has 1 aromatic heterocycles. The molecule has 3 rings (SSSR count). The first-order valence-electron chi connectivity index (χ1n) is 8.30. The lowest BCUT2D eigenvalue weighted by molar-refractivity contribution is 0.0521. The summed E-state index contributed by atoms with van der Waals surface area (Å²) in [5.41, 5.74) is 1.30. The number of piperidine rings is 2. The largest absolute Gasteiger partial charge is 0.396 e. The van der Waals surface area contributed by atoms with E-state index in [4.69, 9.17) is 0 Å². The van der Waals surface area contributed by atoms with Crippen LogP contribution < -0.4 is 0 Å². The molecule has 0 aliphatic carbocycles. The van der Waals surface area contributed by atoms with Crippen molar-refractivity contribution in [2.75, 3.05) is 32.8 Å². The molecular formula is C16H28N4O. The van der Waals surface area contributed by atoms with Crippen molar-refractivity contribution in [1.82, 2.24) is 19.6 Å². The van der Waals surface area contributed by atoms with Gasteiger partial charge in [-0.25, -0.2) is 0 Å². The van der Waals surface area contributed by atoms with E-state index < -0.39 is 0 Å². The molecule has 5 heteroatoms. The Hall–Kier alpha value is -0.910. The number of likely N-dealkylation sites (tertiary alicyclic amines) is 2. The van der Waals surface area contributed by atoms with Gasteiger partial charge in [0, 0.05) is 52.1 Å². The highest BCUT2D eigenvalue weighted by molar-refractivity contribution is 5.00. The van der Waals surface area contributed by atoms with Crippen molar-refractivity contribution in [3.8, 4) is 0 Å². The summed E-state index contributed by atoms with van der Waals surface area (Å²) in [7, 11) is 2.02. The van der Waals surface area contributed by atoms with Gasteiger partial charge in [-0.3, -0.25) is 14.5 Å². The van der Waals surface area contributed by atoms with E-state index in [1.807, 2.05) is 17.9 Å². The first-order chi connectivity index (χ1) is 10.3. The van der Waals surface area contributed by atoms with Gasteiger partial charge in [-0.1, -0.05) is 0 Å². The smallest absolute Gasteiger partial charge is 0.0521 e. The summed E-state index contributed by atoms with van der Waals surface area (Å²) in [6, 6.07) is 2.84. The van der Waals surface area contributed by atoms with Gasteiger partial charge >= 0.3 is 0 Å². The maximum Gasteiger partial charge on any atom is 0.0521 e. The van der Waals surface area contributed by atoms with Crippen LogP contribution in [-0.4, -0.2) is 63.5 Å². The number of nitrogens with zero attached hydrogens (tertiary/aromatic N) is 4. The van der Waals surface area contributed by atoms with Crippen molar-refractivity contribution >= 4 is 0 Å². The molecule has 0 radical (unpaired) electrons.